The number of hydrogen-bond acceptors (Lipinski definition) is 5. The third-order valence-corrected chi connectivity index (χ3v) is 5.45. The van der Waals surface area contributed by atoms with E-state index in [-0.39, 0.29) is 12.0 Å². The SMILES string of the molecule is CCN1C(=S)N[C@H]2c3cc(Br)cc(OC)c3O[C@@]1(C)[C@@H]2C(=O)OC. The number of halogens is 1. The van der Waals surface area contributed by atoms with Gasteiger partial charge in [-0.25, -0.2) is 0 Å². The van der Waals surface area contributed by atoms with Gasteiger partial charge in [-0.2, -0.15) is 0 Å². The number of methoxy groups -OCH3 is 2. The van der Waals surface area contributed by atoms with Crippen LogP contribution in [0.5, 0.6) is 11.5 Å². The number of ether oxygens (including phenoxy) is 3. The van der Waals surface area contributed by atoms with Crippen LogP contribution in [0.2, 0.25) is 0 Å². The molecule has 1 fully saturated rings. The van der Waals surface area contributed by atoms with Crippen LogP contribution >= 0.6 is 28.1 Å². The molecule has 2 aliphatic rings. The monoisotopic (exact) mass is 414 g/mol. The molecule has 0 aliphatic carbocycles. The van der Waals surface area contributed by atoms with Gasteiger partial charge in [0.2, 0.25) is 0 Å². The normalized spacial score (nSPS) is 27.7. The van der Waals surface area contributed by atoms with E-state index in [0.29, 0.717) is 23.2 Å². The fourth-order valence-electron chi connectivity index (χ4n) is 3.58. The lowest BCUT2D eigenvalue weighted by Gasteiger charge is -2.55. The average molecular weight is 415 g/mol. The Morgan fingerprint density at radius 1 is 1.50 bits per heavy atom. The Kier molecular flexibility index (Phi) is 4.37. The molecule has 130 valence electrons. The van der Waals surface area contributed by atoms with Crippen LogP contribution < -0.4 is 14.8 Å². The van der Waals surface area contributed by atoms with Gasteiger partial charge in [0, 0.05) is 16.6 Å². The van der Waals surface area contributed by atoms with Crippen LogP contribution in [0.15, 0.2) is 16.6 Å². The van der Waals surface area contributed by atoms with Gasteiger partial charge in [0.15, 0.2) is 22.3 Å². The standard InChI is InChI=1S/C16H19BrN2O4S/c1-5-19-15(24)18-12-9-6-8(17)7-10(21-3)13(9)23-16(19,2)11(12)14(20)22-4/h6-7,11-12H,5H2,1-4H3,(H,18,24)/t11-,12-,16-/m0/s1. The Labute approximate surface area is 154 Å². The molecule has 0 amide bonds. The topological polar surface area (TPSA) is 60.0 Å². The first-order chi connectivity index (χ1) is 11.4. The highest BCUT2D eigenvalue weighted by atomic mass is 79.9. The molecule has 0 unspecified atom stereocenters. The van der Waals surface area contributed by atoms with Gasteiger partial charge in [-0.1, -0.05) is 15.9 Å². The molecule has 1 N–H and O–H groups in total. The summed E-state index contributed by atoms with van der Waals surface area (Å²) in [6.45, 7) is 4.42. The largest absolute Gasteiger partial charge is 0.493 e. The lowest BCUT2D eigenvalue weighted by Crippen LogP contribution is -2.71. The minimum Gasteiger partial charge on any atom is -0.493 e. The highest BCUT2D eigenvalue weighted by Crippen LogP contribution is 2.52. The zero-order valence-corrected chi connectivity index (χ0v) is 16.3. The fourth-order valence-corrected chi connectivity index (χ4v) is 4.47. The molecule has 3 rings (SSSR count). The minimum atomic E-state index is -0.955. The van der Waals surface area contributed by atoms with E-state index in [1.807, 2.05) is 30.9 Å². The number of nitrogens with zero attached hydrogens (tertiary/aromatic N) is 1. The van der Waals surface area contributed by atoms with Crippen molar-refractivity contribution in [2.24, 2.45) is 5.92 Å². The summed E-state index contributed by atoms with van der Waals surface area (Å²) in [7, 11) is 2.97. The molecule has 0 spiro atoms. The number of nitrogens with one attached hydrogen (secondary N) is 1. The van der Waals surface area contributed by atoms with Gasteiger partial charge in [-0.3, -0.25) is 4.79 Å². The zero-order chi connectivity index (χ0) is 17.6. The number of esters is 1. The quantitative estimate of drug-likeness (QED) is 0.602. The second kappa shape index (κ2) is 6.07. The van der Waals surface area contributed by atoms with Crippen LogP contribution in [0.25, 0.3) is 0 Å². The second-order valence-corrected chi connectivity index (χ2v) is 7.16. The van der Waals surface area contributed by atoms with Crippen LogP contribution in [0, 0.1) is 5.92 Å². The van der Waals surface area contributed by atoms with Crippen molar-refractivity contribution in [1.82, 2.24) is 10.2 Å². The molecule has 24 heavy (non-hydrogen) atoms. The Morgan fingerprint density at radius 3 is 2.79 bits per heavy atom. The summed E-state index contributed by atoms with van der Waals surface area (Å²) in [6, 6.07) is 3.40. The van der Waals surface area contributed by atoms with Crippen LogP contribution in [-0.2, 0) is 9.53 Å². The van der Waals surface area contributed by atoms with Crippen LogP contribution in [0.4, 0.5) is 0 Å². The second-order valence-electron chi connectivity index (χ2n) is 5.86. The Balaban J connectivity index is 2.25. The lowest BCUT2D eigenvalue weighted by atomic mass is 9.79. The van der Waals surface area contributed by atoms with Crippen molar-refractivity contribution in [2.75, 3.05) is 20.8 Å². The third-order valence-electron chi connectivity index (χ3n) is 4.65. The van der Waals surface area contributed by atoms with E-state index >= 15 is 0 Å². The van der Waals surface area contributed by atoms with Gasteiger partial charge in [-0.05, 0) is 38.2 Å². The number of benzene rings is 1. The smallest absolute Gasteiger partial charge is 0.317 e. The van der Waals surface area contributed by atoms with Crippen molar-refractivity contribution in [3.8, 4) is 11.5 Å². The van der Waals surface area contributed by atoms with Crippen LogP contribution in [0.3, 0.4) is 0 Å². The number of fused-ring (bicyclic) bond motifs is 4. The van der Waals surface area contributed by atoms with Gasteiger partial charge in [0.05, 0.1) is 20.3 Å². The summed E-state index contributed by atoms with van der Waals surface area (Å²) in [5.74, 6) is 0.299. The van der Waals surface area contributed by atoms with Crippen molar-refractivity contribution in [3.05, 3.63) is 22.2 Å². The molecule has 1 aromatic carbocycles. The molecule has 1 saturated heterocycles. The van der Waals surface area contributed by atoms with E-state index in [9.17, 15) is 4.79 Å². The molecule has 8 heteroatoms. The predicted octanol–water partition coefficient (Wildman–Crippen LogP) is 2.61. The lowest BCUT2D eigenvalue weighted by molar-refractivity contribution is -0.172. The maximum Gasteiger partial charge on any atom is 0.317 e. The molecule has 1 aromatic rings. The van der Waals surface area contributed by atoms with Crippen molar-refractivity contribution in [1.29, 1.82) is 0 Å². The Bertz CT molecular complexity index is 714. The van der Waals surface area contributed by atoms with E-state index in [0.717, 1.165) is 10.0 Å². The van der Waals surface area contributed by atoms with Gasteiger partial charge in [0.25, 0.3) is 0 Å². The minimum absolute atomic E-state index is 0.347. The first-order valence-electron chi connectivity index (χ1n) is 7.59. The van der Waals surface area contributed by atoms with Crippen molar-refractivity contribution in [3.63, 3.8) is 0 Å². The summed E-state index contributed by atoms with van der Waals surface area (Å²) >= 11 is 8.97. The van der Waals surface area contributed by atoms with Crippen molar-refractivity contribution in [2.45, 2.75) is 25.6 Å². The summed E-state index contributed by atoms with van der Waals surface area (Å²) < 4.78 is 17.7. The van der Waals surface area contributed by atoms with Crippen molar-refractivity contribution >= 4 is 39.2 Å². The first kappa shape index (κ1) is 17.3. The van der Waals surface area contributed by atoms with Gasteiger partial charge in [-0.15, -0.1) is 0 Å². The molecule has 2 aliphatic heterocycles. The van der Waals surface area contributed by atoms with E-state index in [4.69, 9.17) is 26.4 Å². The summed E-state index contributed by atoms with van der Waals surface area (Å²) in [6.07, 6.45) is 0. The highest BCUT2D eigenvalue weighted by molar-refractivity contribution is 9.10. The van der Waals surface area contributed by atoms with E-state index in [1.165, 1.54) is 7.11 Å². The molecule has 3 atom stereocenters. The van der Waals surface area contributed by atoms with Crippen LogP contribution in [-0.4, -0.2) is 42.5 Å². The van der Waals surface area contributed by atoms with E-state index in [1.54, 1.807) is 7.11 Å². The fraction of sp³-hybridized carbons (Fsp3) is 0.500. The summed E-state index contributed by atoms with van der Waals surface area (Å²) in [5, 5.41) is 3.82. The molecular formula is C16H19BrN2O4S. The Hall–Kier alpha value is -1.54. The number of thiocarbonyl (C=S) groups is 1. The molecule has 2 bridgehead atoms. The molecule has 0 aromatic heterocycles. The average Bonchev–Trinajstić information content (AvgIpc) is 2.54. The maximum absolute atomic E-state index is 12.5. The number of hydrogen-bond donors (Lipinski definition) is 1. The van der Waals surface area contributed by atoms with Crippen molar-refractivity contribution < 1.29 is 19.0 Å². The summed E-state index contributed by atoms with van der Waals surface area (Å²) in [5.41, 5.74) is -0.143. The molecule has 2 heterocycles. The van der Waals surface area contributed by atoms with Gasteiger partial charge >= 0.3 is 5.97 Å². The van der Waals surface area contributed by atoms with Gasteiger partial charge < -0.3 is 24.4 Å². The van der Waals surface area contributed by atoms with E-state index < -0.39 is 11.6 Å². The number of rotatable bonds is 3. The molecule has 6 nitrogen and oxygen atoms in total. The molecule has 0 saturated carbocycles. The predicted molar refractivity (Wildman–Crippen MR) is 96.1 cm³/mol. The maximum atomic E-state index is 12.5. The van der Waals surface area contributed by atoms with Gasteiger partial charge in [0.1, 0.15) is 5.92 Å². The first-order valence-corrected chi connectivity index (χ1v) is 8.79. The Morgan fingerprint density at radius 2 is 2.21 bits per heavy atom. The van der Waals surface area contributed by atoms with Crippen LogP contribution in [0.1, 0.15) is 25.5 Å². The van der Waals surface area contributed by atoms with E-state index in [2.05, 4.69) is 21.2 Å². The molecular weight excluding hydrogens is 396 g/mol. The number of carbonyl (C=O) groups is 1. The molecule has 0 radical (unpaired) electrons. The number of carbonyl (C=O) groups excluding carboxylic acids is 1. The highest BCUT2D eigenvalue weighted by Gasteiger charge is 2.59. The third kappa shape index (κ3) is 2.35. The zero-order valence-electron chi connectivity index (χ0n) is 13.9. The summed E-state index contributed by atoms with van der Waals surface area (Å²) in [4.78, 5) is 14.4.